The highest BCUT2D eigenvalue weighted by atomic mass is 16.2. The summed E-state index contributed by atoms with van der Waals surface area (Å²) in [4.78, 5) is 11.3. The molecule has 0 aliphatic heterocycles. The fraction of sp³-hybridized carbons (Fsp3) is 0.625. The van der Waals surface area contributed by atoms with Crippen molar-refractivity contribution in [1.29, 1.82) is 0 Å². The second kappa shape index (κ2) is 2.97. The van der Waals surface area contributed by atoms with Crippen LogP contribution in [-0.2, 0) is 4.79 Å². The monoisotopic (exact) mass is 142 g/mol. The molecule has 58 valence electrons. The maximum atomic E-state index is 11.3. The molecule has 0 saturated heterocycles. The largest absolute Gasteiger partial charge is 0.340 e. The number of rotatable bonds is 2. The number of likely N-dealkylation sites (N-methyl/N-ethyl adjacent to an activating group) is 1. The van der Waals surface area contributed by atoms with E-state index in [1.807, 2.05) is 21.0 Å². The van der Waals surface area contributed by atoms with Crippen molar-refractivity contribution in [3.63, 3.8) is 0 Å². The van der Waals surface area contributed by atoms with Gasteiger partial charge < -0.3 is 0 Å². The second-order valence-electron chi connectivity index (χ2n) is 3.09. The summed E-state index contributed by atoms with van der Waals surface area (Å²) in [5, 5.41) is 0. The molecule has 10 heavy (non-hydrogen) atoms. The molecule has 0 atom stereocenters. The summed E-state index contributed by atoms with van der Waals surface area (Å²) < 4.78 is 0.398. The van der Waals surface area contributed by atoms with Crippen LogP contribution in [0.15, 0.2) is 12.2 Å². The van der Waals surface area contributed by atoms with Crippen molar-refractivity contribution in [3.05, 3.63) is 12.2 Å². The average molecular weight is 142 g/mol. The molecule has 0 aromatic heterocycles. The van der Waals surface area contributed by atoms with Gasteiger partial charge in [0.15, 0.2) is 0 Å². The van der Waals surface area contributed by atoms with E-state index >= 15 is 0 Å². The van der Waals surface area contributed by atoms with E-state index in [4.69, 9.17) is 0 Å². The van der Waals surface area contributed by atoms with E-state index in [1.54, 1.807) is 6.92 Å². The van der Waals surface area contributed by atoms with Crippen molar-refractivity contribution in [1.82, 2.24) is 0 Å². The Kier molecular flexibility index (Phi) is 2.78. The number of amides is 1. The van der Waals surface area contributed by atoms with Gasteiger partial charge in [-0.2, -0.15) is 0 Å². The molecular formula is C8H16NO+. The first-order chi connectivity index (χ1) is 4.41. The molecule has 0 heterocycles. The van der Waals surface area contributed by atoms with Crippen LogP contribution >= 0.6 is 0 Å². The Balaban J connectivity index is 4.33. The molecular weight excluding hydrogens is 126 g/mol. The molecule has 0 aromatic rings. The van der Waals surface area contributed by atoms with Crippen LogP contribution in [0, 0.1) is 0 Å². The van der Waals surface area contributed by atoms with Crippen LogP contribution in [0.25, 0.3) is 0 Å². The van der Waals surface area contributed by atoms with Gasteiger partial charge in [0.2, 0.25) is 0 Å². The van der Waals surface area contributed by atoms with Gasteiger partial charge in [-0.25, -0.2) is 4.79 Å². The van der Waals surface area contributed by atoms with E-state index in [-0.39, 0.29) is 5.91 Å². The maximum Gasteiger partial charge on any atom is 0.340 e. The average Bonchev–Trinajstić information content (AvgIpc) is 1.86. The summed E-state index contributed by atoms with van der Waals surface area (Å²) in [6, 6.07) is 0. The van der Waals surface area contributed by atoms with Crippen LogP contribution in [0.3, 0.4) is 0 Å². The van der Waals surface area contributed by atoms with Gasteiger partial charge in [-0.1, -0.05) is 6.58 Å². The third kappa shape index (κ3) is 1.95. The molecule has 2 nitrogen and oxygen atoms in total. The van der Waals surface area contributed by atoms with Gasteiger partial charge in [0.05, 0.1) is 20.6 Å². The van der Waals surface area contributed by atoms with Crippen LogP contribution in [-0.4, -0.2) is 31.0 Å². The molecule has 0 saturated carbocycles. The minimum Gasteiger partial charge on any atom is -0.261 e. The number of carbonyl (C=O) groups is 1. The van der Waals surface area contributed by atoms with Crippen LogP contribution in [0.1, 0.15) is 13.8 Å². The van der Waals surface area contributed by atoms with Crippen molar-refractivity contribution >= 4 is 5.91 Å². The zero-order valence-electron chi connectivity index (χ0n) is 7.27. The van der Waals surface area contributed by atoms with Gasteiger partial charge in [-0.15, -0.1) is 0 Å². The summed E-state index contributed by atoms with van der Waals surface area (Å²) in [5.74, 6) is 0.113. The Labute approximate surface area is 62.7 Å². The molecule has 0 aliphatic carbocycles. The summed E-state index contributed by atoms with van der Waals surface area (Å²) in [6.45, 7) is 8.15. The summed E-state index contributed by atoms with van der Waals surface area (Å²) in [7, 11) is 3.77. The number of nitrogens with zero attached hydrogens (tertiary/aromatic N) is 1. The van der Waals surface area contributed by atoms with Crippen molar-refractivity contribution < 1.29 is 9.28 Å². The van der Waals surface area contributed by atoms with Crippen molar-refractivity contribution in [3.8, 4) is 0 Å². The zero-order chi connectivity index (χ0) is 8.36. The van der Waals surface area contributed by atoms with Gasteiger partial charge in [-0.3, -0.25) is 4.48 Å². The predicted octanol–water partition coefficient (Wildman–Crippen LogP) is 1.19. The second-order valence-corrected chi connectivity index (χ2v) is 3.09. The van der Waals surface area contributed by atoms with Crippen LogP contribution in [0.2, 0.25) is 0 Å². The molecule has 0 aromatic carbocycles. The topological polar surface area (TPSA) is 17.1 Å². The molecule has 0 unspecified atom stereocenters. The lowest BCUT2D eigenvalue weighted by Crippen LogP contribution is -2.45. The van der Waals surface area contributed by atoms with Crippen molar-refractivity contribution in [2.75, 3.05) is 20.6 Å². The Morgan fingerprint density at radius 3 is 2.00 bits per heavy atom. The lowest BCUT2D eigenvalue weighted by Gasteiger charge is -2.24. The highest BCUT2D eigenvalue weighted by Gasteiger charge is 2.23. The fourth-order valence-electron chi connectivity index (χ4n) is 0.660. The van der Waals surface area contributed by atoms with Gasteiger partial charge in [0, 0.05) is 5.57 Å². The van der Waals surface area contributed by atoms with Crippen molar-refractivity contribution in [2.24, 2.45) is 0 Å². The predicted molar refractivity (Wildman–Crippen MR) is 42.5 cm³/mol. The smallest absolute Gasteiger partial charge is 0.261 e. The van der Waals surface area contributed by atoms with E-state index in [1.165, 1.54) is 0 Å². The number of quaternary nitrogens is 1. The van der Waals surface area contributed by atoms with Gasteiger partial charge in [0.25, 0.3) is 0 Å². The molecule has 2 heteroatoms. The van der Waals surface area contributed by atoms with Crippen LogP contribution in [0.4, 0.5) is 0 Å². The molecule has 0 bridgehead atoms. The molecule has 0 rings (SSSR count). The van der Waals surface area contributed by atoms with E-state index < -0.39 is 0 Å². The third-order valence-corrected chi connectivity index (χ3v) is 1.71. The summed E-state index contributed by atoms with van der Waals surface area (Å²) in [6.07, 6.45) is 0. The number of carbonyl (C=O) groups excluding carboxylic acids is 1. The third-order valence-electron chi connectivity index (χ3n) is 1.71. The van der Waals surface area contributed by atoms with Gasteiger partial charge in [0.1, 0.15) is 0 Å². The van der Waals surface area contributed by atoms with E-state index in [9.17, 15) is 4.79 Å². The van der Waals surface area contributed by atoms with E-state index in [2.05, 4.69) is 6.58 Å². The molecule has 0 radical (unpaired) electrons. The van der Waals surface area contributed by atoms with E-state index in [0.717, 1.165) is 6.54 Å². The molecule has 0 fully saturated rings. The Bertz CT molecular complexity index is 159. The first-order valence-electron chi connectivity index (χ1n) is 3.45. The van der Waals surface area contributed by atoms with Crippen LogP contribution < -0.4 is 0 Å². The number of hydrogen-bond acceptors (Lipinski definition) is 1. The molecule has 0 spiro atoms. The fourth-order valence-corrected chi connectivity index (χ4v) is 0.660. The van der Waals surface area contributed by atoms with E-state index in [0.29, 0.717) is 10.1 Å². The van der Waals surface area contributed by atoms with Gasteiger partial charge >= 0.3 is 5.91 Å². The minimum atomic E-state index is 0.113. The summed E-state index contributed by atoms with van der Waals surface area (Å²) >= 11 is 0. The first kappa shape index (κ1) is 9.37. The van der Waals surface area contributed by atoms with Crippen LogP contribution in [0.5, 0.6) is 0 Å². The lowest BCUT2D eigenvalue weighted by molar-refractivity contribution is -0.809. The Morgan fingerprint density at radius 2 is 1.90 bits per heavy atom. The number of hydrogen-bond donors (Lipinski definition) is 0. The maximum absolute atomic E-state index is 11.3. The Morgan fingerprint density at radius 1 is 1.50 bits per heavy atom. The standard InChI is InChI=1S/C8H16NO/c1-6-9(4,5)8(10)7(2)3/h2,6H2,1,3-5H3/q+1. The Hall–Kier alpha value is -0.630. The molecule has 0 N–H and O–H groups in total. The highest BCUT2D eigenvalue weighted by molar-refractivity contribution is 5.86. The minimum absolute atomic E-state index is 0.113. The molecule has 1 amide bonds. The van der Waals surface area contributed by atoms with Gasteiger partial charge in [-0.05, 0) is 13.8 Å². The SMILES string of the molecule is C=C(C)C(=O)[N+](C)(C)CC. The first-order valence-corrected chi connectivity index (χ1v) is 3.45. The summed E-state index contributed by atoms with van der Waals surface area (Å²) in [5.41, 5.74) is 0.631. The highest BCUT2D eigenvalue weighted by Crippen LogP contribution is 2.03. The molecule has 0 aliphatic rings. The van der Waals surface area contributed by atoms with Crippen molar-refractivity contribution in [2.45, 2.75) is 13.8 Å². The quantitative estimate of drug-likeness (QED) is 0.418. The lowest BCUT2D eigenvalue weighted by atomic mass is 10.3. The normalized spacial score (nSPS) is 11.2. The zero-order valence-corrected chi connectivity index (χ0v) is 7.27.